The van der Waals surface area contributed by atoms with Crippen LogP contribution in [0.4, 0.5) is 17.6 Å². The third kappa shape index (κ3) is 4.51. The van der Waals surface area contributed by atoms with E-state index < -0.39 is 17.6 Å². The highest BCUT2D eigenvalue weighted by atomic mass is 19.3. The maximum Gasteiger partial charge on any atom is 0.261 e. The van der Waals surface area contributed by atoms with Crippen LogP contribution in [-0.4, -0.2) is 54.0 Å². The lowest BCUT2D eigenvalue weighted by atomic mass is 10.0. The van der Waals surface area contributed by atoms with Crippen LogP contribution in [0.25, 0.3) is 56.0 Å². The number of aromatic amines is 2. The Morgan fingerprint density at radius 3 is 2.63 bits per heavy atom. The summed E-state index contributed by atoms with van der Waals surface area (Å²) in [7, 11) is 0. The number of likely N-dealkylation sites (tertiary alicyclic amines) is 1. The molecule has 0 atom stereocenters. The summed E-state index contributed by atoms with van der Waals surface area (Å²) in [6.45, 7) is 2.22. The van der Waals surface area contributed by atoms with Crippen molar-refractivity contribution in [1.82, 2.24) is 35.0 Å². The summed E-state index contributed by atoms with van der Waals surface area (Å²) in [5, 5.41) is 7.33. The zero-order valence-electron chi connectivity index (χ0n) is 21.8. The fourth-order valence-electron chi connectivity index (χ4n) is 5.54. The van der Waals surface area contributed by atoms with E-state index in [0.29, 0.717) is 46.5 Å². The third-order valence-electron chi connectivity index (χ3n) is 7.36. The van der Waals surface area contributed by atoms with E-state index in [1.54, 1.807) is 41.4 Å². The molecule has 41 heavy (non-hydrogen) atoms. The molecule has 2 aromatic carbocycles. The van der Waals surface area contributed by atoms with Crippen LogP contribution < -0.4 is 0 Å². The van der Waals surface area contributed by atoms with Gasteiger partial charge in [0.05, 0.1) is 29.2 Å². The lowest BCUT2D eigenvalue weighted by Gasteiger charge is -2.17. The minimum absolute atomic E-state index is 0.113. The van der Waals surface area contributed by atoms with E-state index in [1.165, 1.54) is 12.3 Å². The number of alkyl halides is 2. The van der Waals surface area contributed by atoms with Crippen molar-refractivity contribution in [3.8, 4) is 34.0 Å². The minimum atomic E-state index is -2.69. The molecule has 0 amide bonds. The average molecular weight is 558 g/mol. The largest absolute Gasteiger partial charge is 0.336 e. The highest BCUT2D eigenvalue weighted by Crippen LogP contribution is 2.35. The molecular formula is C30H23F4N7. The third-order valence-corrected chi connectivity index (χ3v) is 7.36. The second-order valence-corrected chi connectivity index (χ2v) is 10.4. The lowest BCUT2D eigenvalue weighted by Crippen LogP contribution is -2.24. The van der Waals surface area contributed by atoms with Gasteiger partial charge in [-0.2, -0.15) is 5.10 Å². The van der Waals surface area contributed by atoms with Crippen LogP contribution in [0.1, 0.15) is 17.5 Å². The number of nitrogens with one attached hydrogen (secondary N) is 2. The summed E-state index contributed by atoms with van der Waals surface area (Å²) in [4.78, 5) is 18.2. The molecule has 6 aromatic rings. The van der Waals surface area contributed by atoms with Crippen molar-refractivity contribution in [3.05, 3.63) is 83.7 Å². The summed E-state index contributed by atoms with van der Waals surface area (Å²) in [5.74, 6) is -3.43. The molecule has 0 saturated carbocycles. The Balaban J connectivity index is 1.30. The van der Waals surface area contributed by atoms with E-state index in [9.17, 15) is 13.2 Å². The number of pyridine rings is 2. The maximum atomic E-state index is 16.2. The van der Waals surface area contributed by atoms with Crippen LogP contribution in [0.5, 0.6) is 0 Å². The highest BCUT2D eigenvalue weighted by molar-refractivity contribution is 5.97. The molecule has 0 spiro atoms. The first kappa shape index (κ1) is 25.3. The van der Waals surface area contributed by atoms with Gasteiger partial charge in [0.15, 0.2) is 11.6 Å². The summed E-state index contributed by atoms with van der Waals surface area (Å²) in [5.41, 5.74) is 4.60. The standard InChI is InChI=1S/C30H23F4N7/c1-16-10-17(14-41-9-7-30(33,34)15-41)12-18(11-16)25-24(32)23-22(13-36-25)39-40-28(23)29-37-21-6-8-35-26(27(21)38-29)19-4-2-3-5-20(19)31/h2-6,8,10-13H,7,9,14-15H2,1H3,(H,37,38)(H,39,40). The number of hydrogen-bond donors (Lipinski definition) is 2. The first-order valence-corrected chi connectivity index (χ1v) is 13.1. The van der Waals surface area contributed by atoms with Crippen molar-refractivity contribution in [1.29, 1.82) is 0 Å². The smallest absolute Gasteiger partial charge is 0.261 e. The average Bonchev–Trinajstić information content (AvgIpc) is 3.65. The SMILES string of the molecule is Cc1cc(CN2CCC(F)(F)C2)cc(-c2ncc3[nH]nc(-c4nc5c(-c6ccccc6F)nccc5[nH]4)c3c2F)c1. The number of aryl methyl sites for hydroxylation is 1. The number of imidazole rings is 1. The van der Waals surface area contributed by atoms with Crippen molar-refractivity contribution in [3.63, 3.8) is 0 Å². The van der Waals surface area contributed by atoms with Gasteiger partial charge in [0.2, 0.25) is 0 Å². The Hall–Kier alpha value is -4.64. The summed E-state index contributed by atoms with van der Waals surface area (Å²) < 4.78 is 58.2. The van der Waals surface area contributed by atoms with Crippen molar-refractivity contribution in [2.45, 2.75) is 25.8 Å². The Bertz CT molecular complexity index is 1940. The van der Waals surface area contributed by atoms with Gasteiger partial charge in [0.1, 0.15) is 28.4 Å². The van der Waals surface area contributed by atoms with Crippen LogP contribution in [0.3, 0.4) is 0 Å². The summed E-state index contributed by atoms with van der Waals surface area (Å²) >= 11 is 0. The van der Waals surface area contributed by atoms with Crippen LogP contribution in [0.15, 0.2) is 60.9 Å². The first-order chi connectivity index (χ1) is 19.8. The molecule has 0 aliphatic carbocycles. The molecule has 206 valence electrons. The molecule has 0 bridgehead atoms. The van der Waals surface area contributed by atoms with Gasteiger partial charge >= 0.3 is 0 Å². The second-order valence-electron chi connectivity index (χ2n) is 10.4. The molecular weight excluding hydrogens is 534 g/mol. The zero-order chi connectivity index (χ0) is 28.3. The molecule has 1 aliphatic heterocycles. The Kier molecular flexibility index (Phi) is 5.86. The molecule has 4 aromatic heterocycles. The number of aromatic nitrogens is 6. The molecule has 1 aliphatic rings. The van der Waals surface area contributed by atoms with Gasteiger partial charge in [-0.15, -0.1) is 0 Å². The van der Waals surface area contributed by atoms with E-state index in [0.717, 1.165) is 11.1 Å². The van der Waals surface area contributed by atoms with E-state index in [1.807, 2.05) is 19.1 Å². The van der Waals surface area contributed by atoms with Gasteiger partial charge in [-0.3, -0.25) is 20.0 Å². The number of halogens is 4. The van der Waals surface area contributed by atoms with Gasteiger partial charge in [-0.05, 0) is 42.8 Å². The Morgan fingerprint density at radius 1 is 0.976 bits per heavy atom. The Labute approximate surface area is 231 Å². The van der Waals surface area contributed by atoms with Crippen LogP contribution in [-0.2, 0) is 6.54 Å². The molecule has 11 heteroatoms. The monoisotopic (exact) mass is 557 g/mol. The van der Waals surface area contributed by atoms with Crippen molar-refractivity contribution >= 4 is 21.9 Å². The fraction of sp³-hybridized carbons (Fsp3) is 0.200. The lowest BCUT2D eigenvalue weighted by molar-refractivity contribution is 0.0115. The normalized spacial score (nSPS) is 15.3. The van der Waals surface area contributed by atoms with Gasteiger partial charge in [0, 0.05) is 36.8 Å². The van der Waals surface area contributed by atoms with Crippen molar-refractivity contribution < 1.29 is 17.6 Å². The molecule has 1 saturated heterocycles. The van der Waals surface area contributed by atoms with Gasteiger partial charge in [-0.25, -0.2) is 22.5 Å². The highest BCUT2D eigenvalue weighted by Gasteiger charge is 2.38. The molecule has 0 radical (unpaired) electrons. The fourth-order valence-corrected chi connectivity index (χ4v) is 5.54. The van der Waals surface area contributed by atoms with Crippen molar-refractivity contribution in [2.75, 3.05) is 13.1 Å². The van der Waals surface area contributed by atoms with E-state index >= 15 is 4.39 Å². The number of fused-ring (bicyclic) bond motifs is 2. The predicted octanol–water partition coefficient (Wildman–Crippen LogP) is 6.66. The van der Waals surface area contributed by atoms with Gasteiger partial charge in [-0.1, -0.05) is 23.8 Å². The van der Waals surface area contributed by atoms with E-state index in [-0.39, 0.29) is 35.6 Å². The molecule has 2 N–H and O–H groups in total. The molecule has 7 nitrogen and oxygen atoms in total. The molecule has 0 unspecified atom stereocenters. The molecule has 5 heterocycles. The summed E-state index contributed by atoms with van der Waals surface area (Å²) in [6.07, 6.45) is 2.89. The Morgan fingerprint density at radius 2 is 1.83 bits per heavy atom. The number of hydrogen-bond acceptors (Lipinski definition) is 5. The zero-order valence-corrected chi connectivity index (χ0v) is 21.8. The molecule has 1 fully saturated rings. The van der Waals surface area contributed by atoms with E-state index in [2.05, 4.69) is 30.1 Å². The first-order valence-electron chi connectivity index (χ1n) is 13.1. The predicted molar refractivity (Wildman–Crippen MR) is 147 cm³/mol. The number of benzene rings is 2. The topological polar surface area (TPSA) is 86.4 Å². The van der Waals surface area contributed by atoms with Gasteiger partial charge < -0.3 is 4.98 Å². The van der Waals surface area contributed by atoms with Crippen LogP contribution >= 0.6 is 0 Å². The maximum absolute atomic E-state index is 16.2. The van der Waals surface area contributed by atoms with E-state index in [4.69, 9.17) is 0 Å². The number of rotatable bonds is 5. The van der Waals surface area contributed by atoms with Crippen molar-refractivity contribution in [2.24, 2.45) is 0 Å². The minimum Gasteiger partial charge on any atom is -0.336 e. The second kappa shape index (κ2) is 9.48. The number of H-pyrrole nitrogens is 2. The van der Waals surface area contributed by atoms with Gasteiger partial charge in [0.25, 0.3) is 5.92 Å². The van der Waals surface area contributed by atoms with Crippen LogP contribution in [0.2, 0.25) is 0 Å². The summed E-state index contributed by atoms with van der Waals surface area (Å²) in [6, 6.07) is 13.5. The quantitative estimate of drug-likeness (QED) is 0.232. The molecule has 7 rings (SSSR count). The number of nitrogens with zero attached hydrogens (tertiary/aromatic N) is 5. The van der Waals surface area contributed by atoms with Crippen LogP contribution in [0, 0.1) is 18.6 Å².